The van der Waals surface area contributed by atoms with Crippen LogP contribution in [0.15, 0.2) is 12.4 Å². The summed E-state index contributed by atoms with van der Waals surface area (Å²) in [6, 6.07) is 0.423. The summed E-state index contributed by atoms with van der Waals surface area (Å²) in [7, 11) is 0. The van der Waals surface area contributed by atoms with E-state index in [9.17, 15) is 9.90 Å². The Balaban J connectivity index is 2.22. The van der Waals surface area contributed by atoms with Crippen LogP contribution in [0.2, 0.25) is 0 Å². The number of aliphatic carboxylic acids is 1. The number of carbonyl (C=O) groups is 1. The fourth-order valence-corrected chi connectivity index (χ4v) is 2.99. The fourth-order valence-electron chi connectivity index (χ4n) is 2.99. The quantitative estimate of drug-likeness (QED) is 0.814. The van der Waals surface area contributed by atoms with E-state index in [0.717, 1.165) is 13.0 Å². The molecule has 112 valence electrons. The van der Waals surface area contributed by atoms with Crippen LogP contribution in [-0.2, 0) is 17.8 Å². The Labute approximate surface area is 121 Å². The SMILES string of the molecule is CCNC1CCCCc2cn(CC(C)(C)C(=O)O)cc21. The number of nitrogens with one attached hydrogen (secondary N) is 1. The van der Waals surface area contributed by atoms with Crippen molar-refractivity contribution in [2.24, 2.45) is 5.41 Å². The fraction of sp³-hybridized carbons (Fsp3) is 0.688. The van der Waals surface area contributed by atoms with Crippen molar-refractivity contribution in [3.05, 3.63) is 23.5 Å². The third kappa shape index (κ3) is 3.23. The molecule has 0 spiro atoms. The van der Waals surface area contributed by atoms with Gasteiger partial charge in [0.2, 0.25) is 0 Å². The summed E-state index contributed by atoms with van der Waals surface area (Å²) >= 11 is 0. The first-order valence-corrected chi connectivity index (χ1v) is 7.59. The summed E-state index contributed by atoms with van der Waals surface area (Å²) in [6.45, 7) is 7.18. The Bertz CT molecular complexity index is 477. The van der Waals surface area contributed by atoms with Crippen LogP contribution in [0.5, 0.6) is 0 Å². The molecule has 2 N–H and O–H groups in total. The average Bonchev–Trinajstić information content (AvgIpc) is 2.66. The minimum absolute atomic E-state index is 0.423. The van der Waals surface area contributed by atoms with Crippen LogP contribution in [0.3, 0.4) is 0 Å². The van der Waals surface area contributed by atoms with E-state index in [1.807, 2.05) is 0 Å². The minimum Gasteiger partial charge on any atom is -0.481 e. The largest absolute Gasteiger partial charge is 0.481 e. The lowest BCUT2D eigenvalue weighted by Gasteiger charge is -2.20. The normalized spacial score (nSPS) is 19.4. The van der Waals surface area contributed by atoms with Gasteiger partial charge in [0.1, 0.15) is 0 Å². The van der Waals surface area contributed by atoms with E-state index < -0.39 is 11.4 Å². The van der Waals surface area contributed by atoms with Crippen molar-refractivity contribution in [3.63, 3.8) is 0 Å². The van der Waals surface area contributed by atoms with Gasteiger partial charge in [-0.2, -0.15) is 0 Å². The van der Waals surface area contributed by atoms with Gasteiger partial charge in [0.25, 0.3) is 0 Å². The third-order valence-electron chi connectivity index (χ3n) is 4.17. The lowest BCUT2D eigenvalue weighted by atomic mass is 9.94. The van der Waals surface area contributed by atoms with Crippen LogP contribution in [0.4, 0.5) is 0 Å². The molecular formula is C16H26N2O2. The van der Waals surface area contributed by atoms with Gasteiger partial charge in [-0.15, -0.1) is 0 Å². The van der Waals surface area contributed by atoms with Crippen LogP contribution in [-0.4, -0.2) is 22.2 Å². The molecule has 1 aliphatic rings. The van der Waals surface area contributed by atoms with Crippen LogP contribution in [0, 0.1) is 5.41 Å². The Kier molecular flexibility index (Phi) is 4.53. The van der Waals surface area contributed by atoms with Crippen LogP contribution < -0.4 is 5.32 Å². The first kappa shape index (κ1) is 15.1. The summed E-state index contributed by atoms with van der Waals surface area (Å²) in [5, 5.41) is 12.8. The highest BCUT2D eigenvalue weighted by Crippen LogP contribution is 2.30. The summed E-state index contributed by atoms with van der Waals surface area (Å²) in [4.78, 5) is 11.3. The van der Waals surface area contributed by atoms with Gasteiger partial charge in [0, 0.05) is 25.0 Å². The molecule has 20 heavy (non-hydrogen) atoms. The minimum atomic E-state index is -0.746. The zero-order valence-corrected chi connectivity index (χ0v) is 12.8. The van der Waals surface area contributed by atoms with Crippen molar-refractivity contribution in [2.75, 3.05) is 6.54 Å². The zero-order chi connectivity index (χ0) is 14.8. The number of hydrogen-bond acceptors (Lipinski definition) is 2. The molecule has 4 nitrogen and oxygen atoms in total. The predicted molar refractivity (Wildman–Crippen MR) is 79.8 cm³/mol. The summed E-state index contributed by atoms with van der Waals surface area (Å²) in [5.41, 5.74) is 2.02. The van der Waals surface area contributed by atoms with Gasteiger partial charge < -0.3 is 15.0 Å². The van der Waals surface area contributed by atoms with E-state index in [1.165, 1.54) is 30.4 Å². The Morgan fingerprint density at radius 2 is 2.20 bits per heavy atom. The Morgan fingerprint density at radius 3 is 2.85 bits per heavy atom. The highest BCUT2D eigenvalue weighted by Gasteiger charge is 2.28. The van der Waals surface area contributed by atoms with E-state index in [4.69, 9.17) is 0 Å². The zero-order valence-electron chi connectivity index (χ0n) is 12.8. The molecule has 0 aromatic carbocycles. The second kappa shape index (κ2) is 6.00. The Morgan fingerprint density at radius 1 is 1.45 bits per heavy atom. The second-order valence-electron chi connectivity index (χ2n) is 6.46. The molecule has 0 fully saturated rings. The number of aromatic nitrogens is 1. The molecule has 1 atom stereocenters. The smallest absolute Gasteiger partial charge is 0.310 e. The van der Waals surface area contributed by atoms with Gasteiger partial charge in [-0.25, -0.2) is 0 Å². The highest BCUT2D eigenvalue weighted by atomic mass is 16.4. The predicted octanol–water partition coefficient (Wildman–Crippen LogP) is 2.98. The third-order valence-corrected chi connectivity index (χ3v) is 4.17. The highest BCUT2D eigenvalue weighted by molar-refractivity contribution is 5.73. The summed E-state index contributed by atoms with van der Waals surface area (Å²) in [6.07, 6.45) is 9.06. The average molecular weight is 278 g/mol. The monoisotopic (exact) mass is 278 g/mol. The number of carboxylic acid groups (broad SMARTS) is 1. The summed E-state index contributed by atoms with van der Waals surface area (Å²) < 4.78 is 2.06. The van der Waals surface area contributed by atoms with Gasteiger partial charge in [-0.1, -0.05) is 13.3 Å². The van der Waals surface area contributed by atoms with E-state index >= 15 is 0 Å². The number of aryl methyl sites for hydroxylation is 1. The van der Waals surface area contributed by atoms with Gasteiger partial charge in [-0.05, 0) is 50.8 Å². The molecular weight excluding hydrogens is 252 g/mol. The first-order valence-electron chi connectivity index (χ1n) is 7.59. The number of hydrogen-bond donors (Lipinski definition) is 2. The molecule has 0 saturated heterocycles. The topological polar surface area (TPSA) is 54.3 Å². The molecule has 1 aromatic heterocycles. The van der Waals surface area contributed by atoms with Crippen molar-refractivity contribution in [1.29, 1.82) is 0 Å². The number of nitrogens with zero attached hydrogens (tertiary/aromatic N) is 1. The number of carboxylic acids is 1. The van der Waals surface area contributed by atoms with Crippen LogP contribution in [0.1, 0.15) is 57.2 Å². The van der Waals surface area contributed by atoms with Crippen molar-refractivity contribution in [3.8, 4) is 0 Å². The molecule has 0 bridgehead atoms. The molecule has 1 aliphatic carbocycles. The van der Waals surface area contributed by atoms with Crippen molar-refractivity contribution in [1.82, 2.24) is 9.88 Å². The lowest BCUT2D eigenvalue weighted by Crippen LogP contribution is -2.28. The molecule has 1 heterocycles. The number of rotatable bonds is 5. The Hall–Kier alpha value is -1.29. The molecule has 2 rings (SSSR count). The van der Waals surface area contributed by atoms with Crippen molar-refractivity contribution < 1.29 is 9.90 Å². The number of fused-ring (bicyclic) bond motifs is 1. The van der Waals surface area contributed by atoms with Crippen LogP contribution in [0.25, 0.3) is 0 Å². The van der Waals surface area contributed by atoms with Crippen molar-refractivity contribution in [2.45, 2.75) is 59.0 Å². The molecule has 0 saturated carbocycles. The van der Waals surface area contributed by atoms with E-state index in [0.29, 0.717) is 12.6 Å². The van der Waals surface area contributed by atoms with Gasteiger partial charge >= 0.3 is 5.97 Å². The lowest BCUT2D eigenvalue weighted by molar-refractivity contribution is -0.147. The maximum atomic E-state index is 11.3. The molecule has 1 unspecified atom stereocenters. The molecule has 1 aromatic rings. The second-order valence-corrected chi connectivity index (χ2v) is 6.46. The molecule has 0 radical (unpaired) electrons. The maximum absolute atomic E-state index is 11.3. The molecule has 4 heteroatoms. The van der Waals surface area contributed by atoms with E-state index in [-0.39, 0.29) is 0 Å². The molecule has 0 aliphatic heterocycles. The standard InChI is InChI=1S/C16H26N2O2/c1-4-17-14-8-6-5-7-12-9-18(10-13(12)14)11-16(2,3)15(19)20/h9-10,14,17H,4-8,11H2,1-3H3,(H,19,20). The van der Waals surface area contributed by atoms with Gasteiger partial charge in [-0.3, -0.25) is 4.79 Å². The molecule has 0 amide bonds. The van der Waals surface area contributed by atoms with E-state index in [1.54, 1.807) is 13.8 Å². The summed E-state index contributed by atoms with van der Waals surface area (Å²) in [5.74, 6) is -0.746. The van der Waals surface area contributed by atoms with E-state index in [2.05, 4.69) is 29.2 Å². The van der Waals surface area contributed by atoms with Crippen LogP contribution >= 0.6 is 0 Å². The maximum Gasteiger partial charge on any atom is 0.310 e. The van der Waals surface area contributed by atoms with Gasteiger partial charge in [0.05, 0.1) is 5.41 Å². The van der Waals surface area contributed by atoms with Gasteiger partial charge in [0.15, 0.2) is 0 Å². The first-order chi connectivity index (χ1) is 9.44. The van der Waals surface area contributed by atoms with Crippen molar-refractivity contribution >= 4 is 5.97 Å².